The second-order valence-electron chi connectivity index (χ2n) is 5.91. The second-order valence-corrected chi connectivity index (χ2v) is 7.32. The number of nitriles is 1. The van der Waals surface area contributed by atoms with Crippen molar-refractivity contribution in [1.29, 1.82) is 5.26 Å². The monoisotopic (exact) mass is 414 g/mol. The predicted molar refractivity (Wildman–Crippen MR) is 102 cm³/mol. The molecular weight excluding hydrogens is 401 g/mol. The number of hydrogen-bond donors (Lipinski definition) is 1. The molecule has 0 aliphatic carbocycles. The molecule has 0 saturated heterocycles. The van der Waals surface area contributed by atoms with Gasteiger partial charge in [0.15, 0.2) is 0 Å². The van der Waals surface area contributed by atoms with Crippen molar-refractivity contribution in [2.24, 2.45) is 0 Å². The van der Waals surface area contributed by atoms with Crippen LogP contribution >= 0.6 is 0 Å². The van der Waals surface area contributed by atoms with Crippen LogP contribution in [0.4, 0.5) is 18.9 Å². The van der Waals surface area contributed by atoms with Crippen LogP contribution in [0.5, 0.6) is 0 Å². The maximum absolute atomic E-state index is 13.0. The summed E-state index contributed by atoms with van der Waals surface area (Å²) in [6.45, 7) is 0. The van der Waals surface area contributed by atoms with Crippen molar-refractivity contribution >= 4 is 22.4 Å². The largest absolute Gasteiger partial charge is 0.416 e. The lowest BCUT2D eigenvalue weighted by molar-refractivity contribution is -0.137. The van der Waals surface area contributed by atoms with Gasteiger partial charge in [0.05, 0.1) is 37.3 Å². The fourth-order valence-electron chi connectivity index (χ4n) is 2.63. The molecule has 0 radical (unpaired) electrons. The van der Waals surface area contributed by atoms with Gasteiger partial charge in [0, 0.05) is 5.69 Å². The zero-order valence-electron chi connectivity index (χ0n) is 14.7. The molecule has 0 bridgehead atoms. The van der Waals surface area contributed by atoms with Gasteiger partial charge in [-0.1, -0.05) is 30.3 Å². The van der Waals surface area contributed by atoms with Crippen molar-refractivity contribution in [1.82, 2.24) is 0 Å². The number of anilines is 1. The van der Waals surface area contributed by atoms with Crippen LogP contribution in [0.15, 0.2) is 82.6 Å². The van der Waals surface area contributed by atoms with Gasteiger partial charge in [-0.3, -0.25) is 4.79 Å². The summed E-state index contributed by atoms with van der Waals surface area (Å²) in [6.07, 6.45) is -4.54. The van der Waals surface area contributed by atoms with Crippen LogP contribution in [0.2, 0.25) is 0 Å². The summed E-state index contributed by atoms with van der Waals surface area (Å²) in [5.41, 5.74) is -0.687. The minimum atomic E-state index is -4.54. The predicted octanol–water partition coefficient (Wildman–Crippen LogP) is 5.00. The first-order valence-corrected chi connectivity index (χ1v) is 9.45. The van der Waals surface area contributed by atoms with E-state index < -0.39 is 28.4 Å². The van der Waals surface area contributed by atoms with Gasteiger partial charge in [-0.2, -0.15) is 18.4 Å². The molecule has 0 aliphatic heterocycles. The number of benzene rings is 3. The van der Waals surface area contributed by atoms with E-state index in [4.69, 9.17) is 0 Å². The first kappa shape index (κ1) is 20.3. The Hall–Kier alpha value is -3.44. The van der Waals surface area contributed by atoms with Crippen LogP contribution in [0.25, 0.3) is 0 Å². The van der Waals surface area contributed by atoms with Gasteiger partial charge in [-0.15, -0.1) is 0 Å². The molecule has 4 nitrogen and oxygen atoms in total. The molecule has 3 rings (SSSR count). The van der Waals surface area contributed by atoms with Gasteiger partial charge in [0.2, 0.25) is 0 Å². The average molecular weight is 414 g/mol. The topological polar surface area (TPSA) is 70.0 Å². The fraction of sp³-hybridized carbons (Fsp3) is 0.0476. The normalized spacial score (nSPS) is 12.1. The first-order valence-electron chi connectivity index (χ1n) is 8.30. The highest BCUT2D eigenvalue weighted by Gasteiger charge is 2.30. The summed E-state index contributed by atoms with van der Waals surface area (Å²) >= 11 is 0. The van der Waals surface area contributed by atoms with Crippen LogP contribution in [0.3, 0.4) is 0 Å². The third-order valence-corrected chi connectivity index (χ3v) is 5.50. The summed E-state index contributed by atoms with van der Waals surface area (Å²) in [6, 6.07) is 18.5. The Bertz CT molecular complexity index is 1140. The van der Waals surface area contributed by atoms with E-state index in [1.165, 1.54) is 36.4 Å². The van der Waals surface area contributed by atoms with Crippen molar-refractivity contribution in [3.05, 3.63) is 89.5 Å². The molecule has 146 valence electrons. The van der Waals surface area contributed by atoms with Gasteiger partial charge in [-0.05, 0) is 42.5 Å². The second kappa shape index (κ2) is 8.29. The Morgan fingerprint density at radius 1 is 0.931 bits per heavy atom. The number of halogens is 3. The molecule has 0 heterocycles. The van der Waals surface area contributed by atoms with Gasteiger partial charge < -0.3 is 5.32 Å². The maximum Gasteiger partial charge on any atom is 0.416 e. The summed E-state index contributed by atoms with van der Waals surface area (Å²) in [4.78, 5) is 13.1. The third-order valence-electron chi connectivity index (χ3n) is 3.99. The Balaban J connectivity index is 1.94. The van der Waals surface area contributed by atoms with Gasteiger partial charge >= 0.3 is 6.18 Å². The number of rotatable bonds is 4. The maximum atomic E-state index is 13.0. The summed E-state index contributed by atoms with van der Waals surface area (Å²) in [5.74, 6) is -0.706. The van der Waals surface area contributed by atoms with Crippen LogP contribution in [-0.4, -0.2) is 10.1 Å². The molecule has 3 aromatic carbocycles. The van der Waals surface area contributed by atoms with Crippen molar-refractivity contribution in [2.75, 3.05) is 5.32 Å². The number of hydrogen-bond acceptors (Lipinski definition) is 3. The minimum absolute atomic E-state index is 0.0380. The zero-order chi connectivity index (χ0) is 21.0. The summed E-state index contributed by atoms with van der Waals surface area (Å²) in [7, 11) is -1.83. The molecule has 1 amide bonds. The fourth-order valence-corrected chi connectivity index (χ4v) is 3.94. The lowest BCUT2D eigenvalue weighted by atomic mass is 10.1. The highest BCUT2D eigenvalue weighted by Crippen LogP contribution is 2.31. The molecule has 0 fully saturated rings. The quantitative estimate of drug-likeness (QED) is 0.653. The lowest BCUT2D eigenvalue weighted by Crippen LogP contribution is -2.15. The Kier molecular flexibility index (Phi) is 5.80. The van der Waals surface area contributed by atoms with Crippen molar-refractivity contribution in [3.8, 4) is 6.07 Å². The minimum Gasteiger partial charge on any atom is -0.322 e. The standard InChI is InChI=1S/C21H13F3N2O2S/c22-21(23,24)15-7-5-8-16(12-15)26-20(27)17-9-2-4-11-19(17)29(28)18-10-3-1-6-14(18)13-25/h1-12H,(H,26,27). The van der Waals surface area contributed by atoms with E-state index in [0.29, 0.717) is 0 Å². The molecule has 0 saturated carbocycles. The average Bonchev–Trinajstić information content (AvgIpc) is 2.72. The van der Waals surface area contributed by atoms with E-state index in [1.54, 1.807) is 24.3 Å². The lowest BCUT2D eigenvalue weighted by Gasteiger charge is -2.12. The number of carbonyl (C=O) groups excluding carboxylic acids is 1. The van der Waals surface area contributed by atoms with Crippen LogP contribution in [-0.2, 0) is 17.0 Å². The van der Waals surface area contributed by atoms with E-state index in [1.807, 2.05) is 6.07 Å². The highest BCUT2D eigenvalue weighted by molar-refractivity contribution is 7.85. The SMILES string of the molecule is N#Cc1ccccc1S(=O)c1ccccc1C(=O)Nc1cccc(C(F)(F)F)c1. The Labute approximate surface area is 167 Å². The molecule has 0 aliphatic rings. The van der Waals surface area contributed by atoms with Crippen molar-refractivity contribution in [3.63, 3.8) is 0 Å². The van der Waals surface area contributed by atoms with E-state index in [9.17, 15) is 27.4 Å². The van der Waals surface area contributed by atoms with Crippen LogP contribution < -0.4 is 5.32 Å². The molecular formula is C21H13F3N2O2S. The van der Waals surface area contributed by atoms with Crippen LogP contribution in [0.1, 0.15) is 21.5 Å². The zero-order valence-corrected chi connectivity index (χ0v) is 15.6. The summed E-state index contributed by atoms with van der Waals surface area (Å²) in [5, 5.41) is 11.6. The number of alkyl halides is 3. The third kappa shape index (κ3) is 4.52. The van der Waals surface area contributed by atoms with Gasteiger partial charge in [0.1, 0.15) is 6.07 Å². The van der Waals surface area contributed by atoms with Crippen molar-refractivity contribution < 1.29 is 22.2 Å². The number of amides is 1. The first-order chi connectivity index (χ1) is 13.8. The molecule has 1 N–H and O–H groups in total. The molecule has 0 aromatic heterocycles. The highest BCUT2D eigenvalue weighted by atomic mass is 32.2. The van der Waals surface area contributed by atoms with E-state index in [2.05, 4.69) is 5.32 Å². The molecule has 3 aromatic rings. The molecule has 8 heteroatoms. The number of carbonyl (C=O) groups is 1. The molecule has 0 spiro atoms. The number of nitrogens with zero attached hydrogens (tertiary/aromatic N) is 1. The smallest absolute Gasteiger partial charge is 0.322 e. The van der Waals surface area contributed by atoms with Gasteiger partial charge in [0.25, 0.3) is 5.91 Å². The Morgan fingerprint density at radius 2 is 1.59 bits per heavy atom. The van der Waals surface area contributed by atoms with Crippen molar-refractivity contribution in [2.45, 2.75) is 16.0 Å². The molecule has 1 atom stereocenters. The van der Waals surface area contributed by atoms with Crippen LogP contribution in [0, 0.1) is 11.3 Å². The van der Waals surface area contributed by atoms with E-state index >= 15 is 0 Å². The summed E-state index contributed by atoms with van der Waals surface area (Å²) < 4.78 is 51.7. The van der Waals surface area contributed by atoms with E-state index in [0.717, 1.165) is 12.1 Å². The number of nitrogens with one attached hydrogen (secondary N) is 1. The van der Waals surface area contributed by atoms with E-state index in [-0.39, 0.29) is 26.6 Å². The van der Waals surface area contributed by atoms with Gasteiger partial charge in [-0.25, -0.2) is 4.21 Å². The molecule has 29 heavy (non-hydrogen) atoms. The molecule has 1 unspecified atom stereocenters. The Morgan fingerprint density at radius 3 is 2.28 bits per heavy atom.